The van der Waals surface area contributed by atoms with Gasteiger partial charge in [0.25, 0.3) is 5.56 Å². The van der Waals surface area contributed by atoms with Crippen LogP contribution in [-0.4, -0.2) is 56.3 Å². The van der Waals surface area contributed by atoms with Crippen LogP contribution in [0.25, 0.3) is 11.0 Å². The molecule has 2 aromatic heterocycles. The summed E-state index contributed by atoms with van der Waals surface area (Å²) in [7, 11) is 0. The lowest BCUT2D eigenvalue weighted by Crippen LogP contribution is -2.17. The van der Waals surface area contributed by atoms with E-state index in [0.29, 0.717) is 46.6 Å². The monoisotopic (exact) mass is 403 g/mol. The standard InChI is InChI=1S/C17H17N5O5S/c23-4-3-22-15-11(8-18-22)16(25)21-17(20-15)28-9-14(24)19-10-1-2-12-13(7-10)27-6-5-26-12/h1-2,7-8,23H,3-6,9H2,(H,19,24)(H,20,21,25). The predicted molar refractivity (Wildman–Crippen MR) is 102 cm³/mol. The van der Waals surface area contributed by atoms with Gasteiger partial charge in [0, 0.05) is 11.8 Å². The van der Waals surface area contributed by atoms with E-state index in [-0.39, 0.29) is 30.4 Å². The third kappa shape index (κ3) is 3.80. The van der Waals surface area contributed by atoms with E-state index in [9.17, 15) is 9.59 Å². The topological polar surface area (TPSA) is 131 Å². The minimum Gasteiger partial charge on any atom is -0.486 e. The summed E-state index contributed by atoms with van der Waals surface area (Å²) in [6, 6.07) is 5.18. The third-order valence-corrected chi connectivity index (χ3v) is 4.84. The highest BCUT2D eigenvalue weighted by atomic mass is 32.2. The van der Waals surface area contributed by atoms with Crippen molar-refractivity contribution in [1.29, 1.82) is 0 Å². The van der Waals surface area contributed by atoms with Gasteiger partial charge in [-0.25, -0.2) is 9.67 Å². The molecule has 1 aliphatic heterocycles. The molecule has 4 rings (SSSR count). The maximum atomic E-state index is 12.2. The smallest absolute Gasteiger partial charge is 0.262 e. The summed E-state index contributed by atoms with van der Waals surface area (Å²) in [5.74, 6) is 1.03. The fourth-order valence-corrected chi connectivity index (χ4v) is 3.38. The Kier molecular flexibility index (Phi) is 5.17. The molecular weight excluding hydrogens is 386 g/mol. The molecule has 1 amide bonds. The van der Waals surface area contributed by atoms with E-state index in [1.54, 1.807) is 18.2 Å². The number of carbonyl (C=O) groups is 1. The van der Waals surface area contributed by atoms with E-state index in [1.807, 2.05) is 0 Å². The van der Waals surface area contributed by atoms with Crippen LogP contribution in [0.3, 0.4) is 0 Å². The van der Waals surface area contributed by atoms with Gasteiger partial charge in [-0.15, -0.1) is 0 Å². The molecule has 10 nitrogen and oxygen atoms in total. The summed E-state index contributed by atoms with van der Waals surface area (Å²) in [5, 5.41) is 16.5. The number of fused-ring (bicyclic) bond motifs is 2. The number of amides is 1. The number of benzene rings is 1. The highest BCUT2D eigenvalue weighted by Crippen LogP contribution is 2.32. The zero-order valence-corrected chi connectivity index (χ0v) is 15.5. The average Bonchev–Trinajstić information content (AvgIpc) is 3.10. The summed E-state index contributed by atoms with van der Waals surface area (Å²) in [4.78, 5) is 31.3. The van der Waals surface area contributed by atoms with E-state index in [0.717, 1.165) is 11.8 Å². The number of anilines is 1. The van der Waals surface area contributed by atoms with Gasteiger partial charge < -0.3 is 24.9 Å². The highest BCUT2D eigenvalue weighted by Gasteiger charge is 2.14. The van der Waals surface area contributed by atoms with Crippen molar-refractivity contribution in [1.82, 2.24) is 19.7 Å². The van der Waals surface area contributed by atoms with Crippen LogP contribution in [0.2, 0.25) is 0 Å². The number of thioether (sulfide) groups is 1. The number of hydrogen-bond acceptors (Lipinski definition) is 8. The summed E-state index contributed by atoms with van der Waals surface area (Å²) < 4.78 is 12.4. The van der Waals surface area contributed by atoms with Gasteiger partial charge in [0.15, 0.2) is 22.3 Å². The van der Waals surface area contributed by atoms with Crippen LogP contribution in [0.5, 0.6) is 11.5 Å². The molecule has 3 N–H and O–H groups in total. The Morgan fingerprint density at radius 2 is 2.14 bits per heavy atom. The van der Waals surface area contributed by atoms with Crippen molar-refractivity contribution in [3.8, 4) is 11.5 Å². The Balaban J connectivity index is 1.43. The normalized spacial score (nSPS) is 12.9. The highest BCUT2D eigenvalue weighted by molar-refractivity contribution is 7.99. The molecule has 0 spiro atoms. The van der Waals surface area contributed by atoms with Crippen LogP contribution in [0.4, 0.5) is 5.69 Å². The maximum Gasteiger partial charge on any atom is 0.262 e. The first-order valence-corrected chi connectivity index (χ1v) is 9.51. The minimum absolute atomic E-state index is 0.0526. The van der Waals surface area contributed by atoms with Crippen molar-refractivity contribution < 1.29 is 19.4 Å². The Hall–Kier alpha value is -3.05. The van der Waals surface area contributed by atoms with Crippen molar-refractivity contribution in [2.45, 2.75) is 11.7 Å². The number of aliphatic hydroxyl groups excluding tert-OH is 1. The van der Waals surface area contributed by atoms with Crippen LogP contribution < -0.4 is 20.3 Å². The minimum atomic E-state index is -0.344. The van der Waals surface area contributed by atoms with Gasteiger partial charge in [-0.3, -0.25) is 9.59 Å². The van der Waals surface area contributed by atoms with Crippen molar-refractivity contribution in [3.05, 3.63) is 34.7 Å². The molecule has 11 heteroatoms. The number of aliphatic hydroxyl groups is 1. The molecule has 0 aliphatic carbocycles. The van der Waals surface area contributed by atoms with Crippen molar-refractivity contribution in [2.75, 3.05) is 30.9 Å². The van der Waals surface area contributed by atoms with Gasteiger partial charge in [0.1, 0.15) is 18.6 Å². The molecule has 28 heavy (non-hydrogen) atoms. The van der Waals surface area contributed by atoms with Gasteiger partial charge in [-0.05, 0) is 12.1 Å². The zero-order chi connectivity index (χ0) is 19.5. The first-order valence-electron chi connectivity index (χ1n) is 8.53. The number of aromatic nitrogens is 4. The van der Waals surface area contributed by atoms with Gasteiger partial charge in [0.05, 0.1) is 25.1 Å². The van der Waals surface area contributed by atoms with Crippen LogP contribution in [0.1, 0.15) is 0 Å². The van der Waals surface area contributed by atoms with E-state index in [1.165, 1.54) is 10.9 Å². The summed E-state index contributed by atoms with van der Waals surface area (Å²) in [6.45, 7) is 1.08. The summed E-state index contributed by atoms with van der Waals surface area (Å²) in [6.07, 6.45) is 1.40. The molecule has 0 saturated heterocycles. The SMILES string of the molecule is O=C(CSc1nc2c(cnn2CCO)c(=O)[nH]1)Nc1ccc2c(c1)OCCO2. The van der Waals surface area contributed by atoms with Gasteiger partial charge in [-0.2, -0.15) is 5.10 Å². The number of rotatable bonds is 6. The molecule has 0 fully saturated rings. The predicted octanol–water partition coefficient (Wildman–Crippen LogP) is 0.614. The average molecular weight is 403 g/mol. The van der Waals surface area contributed by atoms with Crippen LogP contribution in [-0.2, 0) is 11.3 Å². The lowest BCUT2D eigenvalue weighted by Gasteiger charge is -2.18. The lowest BCUT2D eigenvalue weighted by molar-refractivity contribution is -0.113. The summed E-state index contributed by atoms with van der Waals surface area (Å²) >= 11 is 1.10. The number of carbonyl (C=O) groups excluding carboxylic acids is 1. The Morgan fingerprint density at radius 3 is 2.96 bits per heavy atom. The Morgan fingerprint density at radius 1 is 1.32 bits per heavy atom. The molecule has 0 radical (unpaired) electrons. The molecule has 3 heterocycles. The van der Waals surface area contributed by atoms with E-state index >= 15 is 0 Å². The molecule has 0 unspecified atom stereocenters. The van der Waals surface area contributed by atoms with Crippen molar-refractivity contribution >= 4 is 34.4 Å². The van der Waals surface area contributed by atoms with Crippen LogP contribution >= 0.6 is 11.8 Å². The van der Waals surface area contributed by atoms with Crippen LogP contribution in [0.15, 0.2) is 34.3 Å². The van der Waals surface area contributed by atoms with E-state index in [4.69, 9.17) is 14.6 Å². The lowest BCUT2D eigenvalue weighted by atomic mass is 10.2. The molecule has 3 aromatic rings. The van der Waals surface area contributed by atoms with Crippen molar-refractivity contribution in [2.24, 2.45) is 0 Å². The number of nitrogens with one attached hydrogen (secondary N) is 2. The van der Waals surface area contributed by atoms with Gasteiger partial charge in [-0.1, -0.05) is 11.8 Å². The second-order valence-electron chi connectivity index (χ2n) is 5.89. The second-order valence-corrected chi connectivity index (χ2v) is 6.86. The third-order valence-electron chi connectivity index (χ3n) is 3.96. The molecule has 0 bridgehead atoms. The number of nitrogens with zero attached hydrogens (tertiary/aromatic N) is 3. The molecule has 146 valence electrons. The molecule has 1 aliphatic rings. The van der Waals surface area contributed by atoms with E-state index < -0.39 is 0 Å². The Labute approximate surface area is 162 Å². The Bertz CT molecular complexity index is 1080. The van der Waals surface area contributed by atoms with Gasteiger partial charge >= 0.3 is 0 Å². The van der Waals surface area contributed by atoms with Gasteiger partial charge in [0.2, 0.25) is 5.91 Å². The number of H-pyrrole nitrogens is 1. The maximum absolute atomic E-state index is 12.2. The zero-order valence-electron chi connectivity index (χ0n) is 14.7. The fourth-order valence-electron chi connectivity index (χ4n) is 2.72. The van der Waals surface area contributed by atoms with Crippen LogP contribution in [0, 0.1) is 0 Å². The molecular formula is C17H17N5O5S. The van der Waals surface area contributed by atoms with Crippen molar-refractivity contribution in [3.63, 3.8) is 0 Å². The molecule has 1 aromatic carbocycles. The molecule has 0 saturated carbocycles. The number of hydrogen-bond donors (Lipinski definition) is 3. The van der Waals surface area contributed by atoms with E-state index in [2.05, 4.69) is 20.4 Å². The largest absolute Gasteiger partial charge is 0.486 e. The fraction of sp³-hybridized carbons (Fsp3) is 0.294. The first kappa shape index (κ1) is 18.3. The summed E-state index contributed by atoms with van der Waals surface area (Å²) in [5.41, 5.74) is 0.615. The number of aromatic amines is 1. The molecule has 0 atom stereocenters. The first-order chi connectivity index (χ1) is 13.6. The quantitative estimate of drug-likeness (QED) is 0.403. The second kappa shape index (κ2) is 7.90. The number of ether oxygens (including phenoxy) is 2.